The summed E-state index contributed by atoms with van der Waals surface area (Å²) >= 11 is 0. The molecule has 0 saturated carbocycles. The van der Waals surface area contributed by atoms with Gasteiger partial charge in [0.15, 0.2) is 0 Å². The van der Waals surface area contributed by atoms with Crippen LogP contribution in [0.5, 0.6) is 0 Å². The number of amides is 2. The monoisotopic (exact) mass is 433 g/mol. The third-order valence-corrected chi connectivity index (χ3v) is 6.48. The summed E-state index contributed by atoms with van der Waals surface area (Å²) in [6.07, 6.45) is 3.75. The predicted octanol–water partition coefficient (Wildman–Crippen LogP) is 4.79. The molecule has 6 nitrogen and oxygen atoms in total. The van der Waals surface area contributed by atoms with Gasteiger partial charge in [0.05, 0.1) is 6.61 Å². The highest BCUT2D eigenvalue weighted by atomic mass is 16.5. The normalized spacial score (nSPS) is 16.5. The molecule has 0 radical (unpaired) electrons. The van der Waals surface area contributed by atoms with Crippen molar-refractivity contribution in [1.29, 1.82) is 0 Å². The van der Waals surface area contributed by atoms with Crippen molar-refractivity contribution in [2.24, 2.45) is 0 Å². The lowest BCUT2D eigenvalue weighted by atomic mass is 9.89. The highest BCUT2D eigenvalue weighted by molar-refractivity contribution is 5.88. The van der Waals surface area contributed by atoms with Gasteiger partial charge in [0.1, 0.15) is 6.04 Å². The van der Waals surface area contributed by atoms with Gasteiger partial charge in [-0.2, -0.15) is 0 Å². The Morgan fingerprint density at radius 3 is 2.50 bits per heavy atom. The molecule has 2 aromatic carbocycles. The lowest BCUT2D eigenvalue weighted by Gasteiger charge is -2.34. The van der Waals surface area contributed by atoms with Crippen LogP contribution < -0.4 is 5.32 Å². The number of rotatable bonds is 6. The van der Waals surface area contributed by atoms with Gasteiger partial charge in [-0.05, 0) is 42.9 Å². The van der Waals surface area contributed by atoms with Gasteiger partial charge >= 0.3 is 12.0 Å². The third kappa shape index (κ3) is 4.64. The average Bonchev–Trinajstić information content (AvgIpc) is 3.27. The zero-order chi connectivity index (χ0) is 22.5. The van der Waals surface area contributed by atoms with Crippen LogP contribution in [0.1, 0.15) is 49.7 Å². The second-order valence-electron chi connectivity index (χ2n) is 8.43. The first-order valence-corrected chi connectivity index (χ1v) is 11.4. The Kier molecular flexibility index (Phi) is 6.78. The molecule has 0 spiro atoms. The van der Waals surface area contributed by atoms with Gasteiger partial charge in [0, 0.05) is 36.1 Å². The van der Waals surface area contributed by atoms with Crippen LogP contribution in [0.25, 0.3) is 10.9 Å². The van der Waals surface area contributed by atoms with Crippen molar-refractivity contribution in [2.45, 2.75) is 44.6 Å². The van der Waals surface area contributed by atoms with E-state index in [0.29, 0.717) is 19.0 Å². The van der Waals surface area contributed by atoms with E-state index in [2.05, 4.69) is 34.6 Å². The van der Waals surface area contributed by atoms with Crippen molar-refractivity contribution in [2.75, 3.05) is 19.7 Å². The van der Waals surface area contributed by atoms with E-state index in [1.807, 2.05) is 48.4 Å². The Balaban J connectivity index is 1.46. The molecule has 168 valence electrons. The molecule has 1 fully saturated rings. The molecule has 4 rings (SSSR count). The van der Waals surface area contributed by atoms with E-state index in [1.54, 1.807) is 6.92 Å². The number of hydrogen-bond acceptors (Lipinski definition) is 3. The molecule has 0 aliphatic carbocycles. The van der Waals surface area contributed by atoms with Gasteiger partial charge in [-0.1, -0.05) is 55.5 Å². The second-order valence-corrected chi connectivity index (χ2v) is 8.43. The van der Waals surface area contributed by atoms with Crippen molar-refractivity contribution >= 4 is 22.9 Å². The number of fused-ring (bicyclic) bond motifs is 1. The molecule has 6 heteroatoms. The molecular formula is C26H31N3O3. The molecule has 2 atom stereocenters. The van der Waals surface area contributed by atoms with Crippen LogP contribution in [0.3, 0.4) is 0 Å². The van der Waals surface area contributed by atoms with Crippen LogP contribution in [0.2, 0.25) is 0 Å². The Morgan fingerprint density at radius 1 is 1.09 bits per heavy atom. The number of aromatic amines is 1. The summed E-state index contributed by atoms with van der Waals surface area (Å²) in [5.74, 6) is -0.181. The highest BCUT2D eigenvalue weighted by Gasteiger charge is 2.33. The number of H-pyrrole nitrogens is 1. The Bertz CT molecular complexity index is 1050. The first kappa shape index (κ1) is 21.9. The summed E-state index contributed by atoms with van der Waals surface area (Å²) in [5.41, 5.74) is 3.32. The molecule has 1 aliphatic rings. The van der Waals surface area contributed by atoms with E-state index >= 15 is 0 Å². The van der Waals surface area contributed by atoms with E-state index < -0.39 is 12.0 Å². The van der Waals surface area contributed by atoms with Crippen LogP contribution in [-0.2, 0) is 9.53 Å². The number of hydrogen-bond donors (Lipinski definition) is 2. The van der Waals surface area contributed by atoms with Gasteiger partial charge in [-0.3, -0.25) is 0 Å². The summed E-state index contributed by atoms with van der Waals surface area (Å²) in [4.78, 5) is 31.0. The minimum absolute atomic E-state index is 0.207. The number of nitrogens with one attached hydrogen (secondary N) is 2. The van der Waals surface area contributed by atoms with Crippen LogP contribution in [0, 0.1) is 0 Å². The number of likely N-dealkylation sites (tertiary alicyclic amines) is 1. The summed E-state index contributed by atoms with van der Waals surface area (Å²) in [6.45, 7) is 5.35. The lowest BCUT2D eigenvalue weighted by molar-refractivity contribution is -0.145. The number of aromatic nitrogens is 1. The number of nitrogens with zero attached hydrogens (tertiary/aromatic N) is 1. The van der Waals surface area contributed by atoms with Crippen LogP contribution in [0.4, 0.5) is 4.79 Å². The van der Waals surface area contributed by atoms with Gasteiger partial charge in [-0.25, -0.2) is 9.59 Å². The number of piperidine rings is 1. The van der Waals surface area contributed by atoms with E-state index in [9.17, 15) is 9.59 Å². The molecule has 3 aromatic rings. The zero-order valence-electron chi connectivity index (χ0n) is 18.7. The first-order chi connectivity index (χ1) is 15.6. The van der Waals surface area contributed by atoms with Crippen molar-refractivity contribution in [3.63, 3.8) is 0 Å². The molecule has 2 amide bonds. The highest BCUT2D eigenvalue weighted by Crippen LogP contribution is 2.30. The minimum Gasteiger partial charge on any atom is -0.464 e. The van der Waals surface area contributed by atoms with Crippen molar-refractivity contribution in [1.82, 2.24) is 15.2 Å². The Morgan fingerprint density at radius 2 is 1.78 bits per heavy atom. The Labute approximate surface area is 188 Å². The quantitative estimate of drug-likeness (QED) is 0.549. The molecule has 32 heavy (non-hydrogen) atoms. The molecule has 1 aromatic heterocycles. The van der Waals surface area contributed by atoms with Gasteiger partial charge < -0.3 is 19.9 Å². The van der Waals surface area contributed by atoms with Crippen molar-refractivity contribution in [3.8, 4) is 0 Å². The van der Waals surface area contributed by atoms with E-state index in [0.717, 1.165) is 29.3 Å². The van der Waals surface area contributed by atoms with Gasteiger partial charge in [0.2, 0.25) is 0 Å². The van der Waals surface area contributed by atoms with Crippen LogP contribution in [-0.4, -0.2) is 47.6 Å². The van der Waals surface area contributed by atoms with Crippen LogP contribution in [0.15, 0.2) is 60.8 Å². The molecule has 1 saturated heterocycles. The number of esters is 1. The smallest absolute Gasteiger partial charge is 0.329 e. The van der Waals surface area contributed by atoms with E-state index in [-0.39, 0.29) is 18.6 Å². The van der Waals surface area contributed by atoms with Crippen LogP contribution >= 0.6 is 0 Å². The predicted molar refractivity (Wildman–Crippen MR) is 126 cm³/mol. The standard InChI is InChI=1S/C26H31N3O3/c1-3-32-25(30)24(18(2)22-17-27-23-12-8-7-11-21(22)23)28-26(31)29-15-13-20(14-16-29)19-9-5-4-6-10-19/h4-12,17-18,20,24,27H,3,13-16H2,1-2H3,(H,28,31)/t18-,24+/m0/s1. The van der Waals surface area contributed by atoms with Crippen molar-refractivity contribution < 1.29 is 14.3 Å². The third-order valence-electron chi connectivity index (χ3n) is 6.48. The van der Waals surface area contributed by atoms with E-state index in [4.69, 9.17) is 4.74 Å². The number of carbonyl (C=O) groups is 2. The first-order valence-electron chi connectivity index (χ1n) is 11.4. The molecule has 2 heterocycles. The summed E-state index contributed by atoms with van der Waals surface area (Å²) in [5, 5.41) is 4.03. The SMILES string of the molecule is CCOC(=O)[C@H](NC(=O)N1CCC(c2ccccc2)CC1)[C@@H](C)c1c[nH]c2ccccc12. The number of urea groups is 1. The molecular weight excluding hydrogens is 402 g/mol. The van der Waals surface area contributed by atoms with Gasteiger partial charge in [0.25, 0.3) is 0 Å². The molecule has 2 N–H and O–H groups in total. The van der Waals surface area contributed by atoms with Crippen molar-refractivity contribution in [3.05, 3.63) is 71.9 Å². The summed E-state index contributed by atoms with van der Waals surface area (Å²) in [6, 6.07) is 17.5. The lowest BCUT2D eigenvalue weighted by Crippen LogP contribution is -2.52. The fraction of sp³-hybridized carbons (Fsp3) is 0.385. The largest absolute Gasteiger partial charge is 0.464 e. The molecule has 0 bridgehead atoms. The average molecular weight is 434 g/mol. The number of ether oxygens (including phenoxy) is 1. The minimum atomic E-state index is -0.756. The zero-order valence-corrected chi connectivity index (χ0v) is 18.7. The number of para-hydroxylation sites is 1. The maximum Gasteiger partial charge on any atom is 0.329 e. The van der Waals surface area contributed by atoms with E-state index in [1.165, 1.54) is 5.56 Å². The topological polar surface area (TPSA) is 74.4 Å². The number of benzene rings is 2. The summed E-state index contributed by atoms with van der Waals surface area (Å²) in [7, 11) is 0. The fourth-order valence-electron chi connectivity index (χ4n) is 4.64. The fourth-order valence-corrected chi connectivity index (χ4v) is 4.64. The second kappa shape index (κ2) is 9.90. The maximum absolute atomic E-state index is 13.1. The molecule has 0 unspecified atom stereocenters. The summed E-state index contributed by atoms with van der Waals surface area (Å²) < 4.78 is 5.32. The van der Waals surface area contributed by atoms with Gasteiger partial charge in [-0.15, -0.1) is 0 Å². The Hall–Kier alpha value is -3.28. The molecule has 1 aliphatic heterocycles. The number of carbonyl (C=O) groups excluding carboxylic acids is 2. The maximum atomic E-state index is 13.1.